The van der Waals surface area contributed by atoms with Gasteiger partial charge >= 0.3 is 0 Å². The first-order valence-electron chi connectivity index (χ1n) is 10.9. The van der Waals surface area contributed by atoms with E-state index in [1.54, 1.807) is 7.11 Å². The number of aliphatic imine (C=N–C) groups is 1. The number of ether oxygens (including phenoxy) is 1. The number of hydrogen-bond acceptors (Lipinski definition) is 4. The maximum absolute atomic E-state index is 5.97. The van der Waals surface area contributed by atoms with Crippen LogP contribution in [-0.4, -0.2) is 57.8 Å². The lowest BCUT2D eigenvalue weighted by molar-refractivity contribution is 0.138. The Morgan fingerprint density at radius 2 is 1.93 bits per heavy atom. The smallest absolute Gasteiger partial charge is 0.191 e. The molecule has 2 fully saturated rings. The lowest BCUT2D eigenvalue weighted by Gasteiger charge is -2.31. The third-order valence-electron chi connectivity index (χ3n) is 6.49. The van der Waals surface area contributed by atoms with E-state index in [1.165, 1.54) is 38.5 Å². The van der Waals surface area contributed by atoms with E-state index in [4.69, 9.17) is 9.15 Å². The molecule has 0 bridgehead atoms. The molecule has 1 saturated heterocycles. The van der Waals surface area contributed by atoms with Crippen molar-refractivity contribution in [3.8, 4) is 0 Å². The Labute approximate surface area is 193 Å². The van der Waals surface area contributed by atoms with E-state index in [-0.39, 0.29) is 30.0 Å². The third kappa shape index (κ3) is 6.85. The first-order chi connectivity index (χ1) is 13.7. The molecule has 1 aliphatic carbocycles. The number of aryl methyl sites for hydroxylation is 1. The van der Waals surface area contributed by atoms with E-state index in [0.29, 0.717) is 5.41 Å². The van der Waals surface area contributed by atoms with Gasteiger partial charge in [-0.2, -0.15) is 0 Å². The molecule has 7 heteroatoms. The number of guanidine groups is 1. The second kappa shape index (κ2) is 12.2. The van der Waals surface area contributed by atoms with Gasteiger partial charge in [-0.05, 0) is 69.7 Å². The van der Waals surface area contributed by atoms with Crippen LogP contribution < -0.4 is 10.6 Å². The largest absolute Gasteiger partial charge is 0.465 e. The third-order valence-corrected chi connectivity index (χ3v) is 6.49. The van der Waals surface area contributed by atoms with Gasteiger partial charge in [0.2, 0.25) is 0 Å². The molecule has 1 saturated carbocycles. The average Bonchev–Trinajstić information content (AvgIpc) is 3.46. The minimum absolute atomic E-state index is 0. The van der Waals surface area contributed by atoms with Gasteiger partial charge in [0, 0.05) is 33.9 Å². The van der Waals surface area contributed by atoms with Crippen LogP contribution in [0.4, 0.5) is 0 Å². The normalized spacial score (nSPS) is 20.4. The number of nitrogens with one attached hydrogen (secondary N) is 2. The van der Waals surface area contributed by atoms with Gasteiger partial charge in [-0.15, -0.1) is 24.0 Å². The van der Waals surface area contributed by atoms with Crippen molar-refractivity contribution in [2.75, 3.05) is 46.9 Å². The van der Waals surface area contributed by atoms with Gasteiger partial charge < -0.3 is 19.8 Å². The Morgan fingerprint density at radius 3 is 2.52 bits per heavy atom. The summed E-state index contributed by atoms with van der Waals surface area (Å²) in [5.74, 6) is 2.91. The molecular weight excluding hydrogens is 479 g/mol. The second-order valence-corrected chi connectivity index (χ2v) is 8.46. The lowest BCUT2D eigenvalue weighted by atomic mass is 9.83. The molecule has 1 unspecified atom stereocenters. The monoisotopic (exact) mass is 518 g/mol. The molecule has 2 aliphatic rings. The number of rotatable bonds is 9. The molecule has 0 spiro atoms. The van der Waals surface area contributed by atoms with E-state index in [2.05, 4.69) is 32.7 Å². The molecule has 1 aliphatic heterocycles. The van der Waals surface area contributed by atoms with Gasteiger partial charge in [0.15, 0.2) is 5.96 Å². The van der Waals surface area contributed by atoms with Crippen LogP contribution in [-0.2, 0) is 4.74 Å². The Balaban J connectivity index is 0.00000300. The van der Waals surface area contributed by atoms with Crippen LogP contribution >= 0.6 is 24.0 Å². The molecule has 1 aromatic heterocycles. The van der Waals surface area contributed by atoms with Crippen LogP contribution in [0.2, 0.25) is 0 Å². The average molecular weight is 518 g/mol. The quantitative estimate of drug-likeness (QED) is 0.293. The van der Waals surface area contributed by atoms with Crippen LogP contribution in [0.3, 0.4) is 0 Å². The van der Waals surface area contributed by atoms with Crippen LogP contribution in [0.1, 0.15) is 62.5 Å². The van der Waals surface area contributed by atoms with Crippen LogP contribution in [0, 0.1) is 12.3 Å². The first kappa shape index (κ1) is 24.5. The molecule has 0 aromatic carbocycles. The van der Waals surface area contributed by atoms with E-state index >= 15 is 0 Å². The fraction of sp³-hybridized carbons (Fsp3) is 0.773. The van der Waals surface area contributed by atoms with Crippen LogP contribution in [0.25, 0.3) is 0 Å². The zero-order chi connectivity index (χ0) is 19.8. The molecule has 6 nitrogen and oxygen atoms in total. The van der Waals surface area contributed by atoms with Gasteiger partial charge in [0.1, 0.15) is 11.5 Å². The van der Waals surface area contributed by atoms with Crippen molar-refractivity contribution in [1.29, 1.82) is 0 Å². The van der Waals surface area contributed by atoms with Crippen LogP contribution in [0.5, 0.6) is 0 Å². The molecule has 0 radical (unpaired) electrons. The molecule has 166 valence electrons. The van der Waals surface area contributed by atoms with Crippen molar-refractivity contribution < 1.29 is 9.15 Å². The molecule has 2 heterocycles. The highest BCUT2D eigenvalue weighted by atomic mass is 127. The molecule has 3 rings (SSSR count). The van der Waals surface area contributed by atoms with E-state index in [9.17, 15) is 0 Å². The Hall–Kier alpha value is -0.800. The number of halogens is 1. The van der Waals surface area contributed by atoms with Crippen molar-refractivity contribution in [3.05, 3.63) is 23.7 Å². The summed E-state index contributed by atoms with van der Waals surface area (Å²) in [7, 11) is 3.65. The standard InChI is InChI=1S/C22H38N4O2.HI/c1-18-8-9-20(28-18)19(26-13-6-7-14-26)16-24-21(23-2)25-17-22(12-15-27-3)10-4-5-11-22;/h8-9,19H,4-7,10-17H2,1-3H3,(H2,23,24,25);1H. The topological polar surface area (TPSA) is 62.0 Å². The minimum Gasteiger partial charge on any atom is -0.465 e. The van der Waals surface area contributed by atoms with Gasteiger partial charge in [-0.3, -0.25) is 9.89 Å². The molecule has 1 aromatic rings. The maximum Gasteiger partial charge on any atom is 0.191 e. The summed E-state index contributed by atoms with van der Waals surface area (Å²) in [6.07, 6.45) is 8.87. The van der Waals surface area contributed by atoms with E-state index in [1.807, 2.05) is 14.0 Å². The minimum atomic E-state index is 0. The first-order valence-corrected chi connectivity index (χ1v) is 10.9. The molecule has 1 atom stereocenters. The van der Waals surface area contributed by atoms with E-state index in [0.717, 1.165) is 56.7 Å². The number of likely N-dealkylation sites (tertiary alicyclic amines) is 1. The van der Waals surface area contributed by atoms with Gasteiger partial charge in [0.05, 0.1) is 6.04 Å². The predicted octanol–water partition coefficient (Wildman–Crippen LogP) is 4.10. The summed E-state index contributed by atoms with van der Waals surface area (Å²) in [6.45, 7) is 6.89. The number of hydrogen-bond donors (Lipinski definition) is 2. The van der Waals surface area contributed by atoms with Crippen molar-refractivity contribution in [2.45, 2.75) is 57.9 Å². The molecular formula is C22H39IN4O2. The summed E-state index contributed by atoms with van der Waals surface area (Å²) in [6, 6.07) is 4.43. The predicted molar refractivity (Wildman–Crippen MR) is 129 cm³/mol. The molecule has 2 N–H and O–H groups in total. The number of nitrogens with zero attached hydrogens (tertiary/aromatic N) is 2. The molecule has 29 heavy (non-hydrogen) atoms. The summed E-state index contributed by atoms with van der Waals surface area (Å²) in [4.78, 5) is 7.00. The highest BCUT2D eigenvalue weighted by molar-refractivity contribution is 14.0. The number of furan rings is 1. The van der Waals surface area contributed by atoms with Crippen LogP contribution in [0.15, 0.2) is 21.5 Å². The summed E-state index contributed by atoms with van der Waals surface area (Å²) in [5, 5.41) is 7.16. The summed E-state index contributed by atoms with van der Waals surface area (Å²) in [5.41, 5.74) is 0.347. The summed E-state index contributed by atoms with van der Waals surface area (Å²) < 4.78 is 11.3. The highest BCUT2D eigenvalue weighted by Gasteiger charge is 2.33. The van der Waals surface area contributed by atoms with Crippen molar-refractivity contribution >= 4 is 29.9 Å². The lowest BCUT2D eigenvalue weighted by Crippen LogP contribution is -2.46. The van der Waals surface area contributed by atoms with Crippen molar-refractivity contribution in [3.63, 3.8) is 0 Å². The fourth-order valence-corrected chi connectivity index (χ4v) is 4.74. The van der Waals surface area contributed by atoms with Gasteiger partial charge in [-0.1, -0.05) is 12.8 Å². The second-order valence-electron chi connectivity index (χ2n) is 8.46. The van der Waals surface area contributed by atoms with Gasteiger partial charge in [-0.25, -0.2) is 0 Å². The fourth-order valence-electron chi connectivity index (χ4n) is 4.74. The zero-order valence-corrected chi connectivity index (χ0v) is 20.7. The van der Waals surface area contributed by atoms with Gasteiger partial charge in [0.25, 0.3) is 0 Å². The Bertz CT molecular complexity index is 622. The van der Waals surface area contributed by atoms with Crippen molar-refractivity contribution in [1.82, 2.24) is 15.5 Å². The Morgan fingerprint density at radius 1 is 1.21 bits per heavy atom. The maximum atomic E-state index is 5.97. The Kier molecular flexibility index (Phi) is 10.3. The SMILES string of the molecule is CN=C(NCC(c1ccc(C)o1)N1CCCC1)NCC1(CCOC)CCCC1.I. The summed E-state index contributed by atoms with van der Waals surface area (Å²) >= 11 is 0. The van der Waals surface area contributed by atoms with E-state index < -0.39 is 0 Å². The number of methoxy groups -OCH3 is 1. The molecule has 0 amide bonds. The highest BCUT2D eigenvalue weighted by Crippen LogP contribution is 2.40. The van der Waals surface area contributed by atoms with Crippen molar-refractivity contribution in [2.24, 2.45) is 10.4 Å². The zero-order valence-electron chi connectivity index (χ0n) is 18.3.